The Labute approximate surface area is 102 Å². The molecule has 0 aliphatic rings. The number of carbonyl (C=O) groups is 1. The highest BCUT2D eigenvalue weighted by atomic mass is 35.5. The summed E-state index contributed by atoms with van der Waals surface area (Å²) in [6.45, 7) is 0.383. The Morgan fingerprint density at radius 2 is 2.35 bits per heavy atom. The Bertz CT molecular complexity index is 539. The number of aromatic carboxylic acids is 1. The third-order valence-corrected chi connectivity index (χ3v) is 2.30. The number of carboxylic acid groups (broad SMARTS) is 1. The van der Waals surface area contributed by atoms with E-state index in [0.29, 0.717) is 17.5 Å². The average Bonchev–Trinajstić information content (AvgIpc) is 2.75. The summed E-state index contributed by atoms with van der Waals surface area (Å²) in [5.41, 5.74) is 0.924. The van der Waals surface area contributed by atoms with E-state index in [-0.39, 0.29) is 5.56 Å². The zero-order valence-electron chi connectivity index (χ0n) is 8.68. The van der Waals surface area contributed by atoms with Crippen LogP contribution >= 0.6 is 11.6 Å². The Morgan fingerprint density at radius 1 is 1.53 bits per heavy atom. The molecule has 0 radical (unpaired) electrons. The number of rotatable bonds is 4. The van der Waals surface area contributed by atoms with Gasteiger partial charge in [0.05, 0.1) is 12.1 Å². The highest BCUT2D eigenvalue weighted by molar-refractivity contribution is 6.29. The normalized spacial score (nSPS) is 10.2. The van der Waals surface area contributed by atoms with E-state index in [1.54, 1.807) is 18.3 Å². The summed E-state index contributed by atoms with van der Waals surface area (Å²) in [7, 11) is 0. The SMILES string of the molecule is O=C(O)c1coc(CNc2ccnc(Cl)c2)c1. The maximum absolute atomic E-state index is 10.6. The molecule has 0 bridgehead atoms. The van der Waals surface area contributed by atoms with E-state index in [1.165, 1.54) is 12.3 Å². The van der Waals surface area contributed by atoms with E-state index in [9.17, 15) is 4.79 Å². The summed E-state index contributed by atoms with van der Waals surface area (Å²) >= 11 is 5.72. The van der Waals surface area contributed by atoms with Crippen LogP contribution in [0.2, 0.25) is 5.15 Å². The minimum Gasteiger partial charge on any atom is -0.478 e. The molecule has 0 fully saturated rings. The van der Waals surface area contributed by atoms with Crippen molar-refractivity contribution in [2.75, 3.05) is 5.32 Å². The molecule has 0 spiro atoms. The molecular formula is C11H9ClN2O3. The fourth-order valence-corrected chi connectivity index (χ4v) is 1.46. The van der Waals surface area contributed by atoms with Crippen LogP contribution in [0.15, 0.2) is 35.1 Å². The van der Waals surface area contributed by atoms with Gasteiger partial charge in [0.25, 0.3) is 0 Å². The van der Waals surface area contributed by atoms with Crippen LogP contribution in [0.5, 0.6) is 0 Å². The van der Waals surface area contributed by atoms with Crippen molar-refractivity contribution in [3.05, 3.63) is 47.1 Å². The van der Waals surface area contributed by atoms with Gasteiger partial charge in [0.1, 0.15) is 17.2 Å². The third kappa shape index (κ3) is 2.98. The lowest BCUT2D eigenvalue weighted by Crippen LogP contribution is -1.98. The van der Waals surface area contributed by atoms with Crippen molar-refractivity contribution in [3.63, 3.8) is 0 Å². The first-order chi connectivity index (χ1) is 8.15. The molecule has 2 N–H and O–H groups in total. The smallest absolute Gasteiger partial charge is 0.338 e. The van der Waals surface area contributed by atoms with Crippen LogP contribution < -0.4 is 5.32 Å². The number of aromatic nitrogens is 1. The topological polar surface area (TPSA) is 75.4 Å². The molecule has 2 rings (SSSR count). The lowest BCUT2D eigenvalue weighted by atomic mass is 10.3. The number of halogens is 1. The molecule has 0 unspecified atom stereocenters. The number of anilines is 1. The van der Waals surface area contributed by atoms with Crippen molar-refractivity contribution < 1.29 is 14.3 Å². The predicted molar refractivity (Wildman–Crippen MR) is 62.2 cm³/mol. The Hall–Kier alpha value is -2.01. The number of hydrogen-bond acceptors (Lipinski definition) is 4. The molecule has 2 heterocycles. The fourth-order valence-electron chi connectivity index (χ4n) is 1.29. The van der Waals surface area contributed by atoms with E-state index in [1.807, 2.05) is 0 Å². The summed E-state index contributed by atoms with van der Waals surface area (Å²) in [5, 5.41) is 12.1. The fraction of sp³-hybridized carbons (Fsp3) is 0.0909. The Balaban J connectivity index is 2.00. The van der Waals surface area contributed by atoms with Gasteiger partial charge in [-0.2, -0.15) is 0 Å². The van der Waals surface area contributed by atoms with Crippen LogP contribution in [0.1, 0.15) is 16.1 Å². The Kier molecular flexibility index (Phi) is 3.30. The van der Waals surface area contributed by atoms with Gasteiger partial charge in [-0.3, -0.25) is 0 Å². The zero-order valence-corrected chi connectivity index (χ0v) is 9.44. The molecule has 0 saturated carbocycles. The second-order valence-electron chi connectivity index (χ2n) is 3.33. The van der Waals surface area contributed by atoms with Gasteiger partial charge in [-0.15, -0.1) is 0 Å². The van der Waals surface area contributed by atoms with Crippen LogP contribution in [-0.2, 0) is 6.54 Å². The summed E-state index contributed by atoms with van der Waals surface area (Å²) < 4.78 is 5.09. The van der Waals surface area contributed by atoms with Gasteiger partial charge in [0.15, 0.2) is 0 Å². The van der Waals surface area contributed by atoms with E-state index in [0.717, 1.165) is 5.69 Å². The van der Waals surface area contributed by atoms with Gasteiger partial charge >= 0.3 is 5.97 Å². The second kappa shape index (κ2) is 4.88. The number of furan rings is 1. The van der Waals surface area contributed by atoms with Gasteiger partial charge in [-0.05, 0) is 18.2 Å². The molecular weight excluding hydrogens is 244 g/mol. The van der Waals surface area contributed by atoms with Gasteiger partial charge in [0.2, 0.25) is 0 Å². The molecule has 5 nitrogen and oxygen atoms in total. The molecule has 17 heavy (non-hydrogen) atoms. The predicted octanol–water partition coefficient (Wildman–Crippen LogP) is 2.64. The number of nitrogens with one attached hydrogen (secondary N) is 1. The summed E-state index contributed by atoms with van der Waals surface area (Å²) in [5.74, 6) is -0.470. The first kappa shape index (κ1) is 11.5. The summed E-state index contributed by atoms with van der Waals surface area (Å²) in [6.07, 6.45) is 2.79. The van der Waals surface area contributed by atoms with Crippen LogP contribution in [0.3, 0.4) is 0 Å². The highest BCUT2D eigenvalue weighted by Gasteiger charge is 2.07. The quantitative estimate of drug-likeness (QED) is 0.818. The largest absolute Gasteiger partial charge is 0.478 e. The summed E-state index contributed by atoms with van der Waals surface area (Å²) in [6, 6.07) is 4.90. The van der Waals surface area contributed by atoms with Crippen molar-refractivity contribution >= 4 is 23.3 Å². The highest BCUT2D eigenvalue weighted by Crippen LogP contribution is 2.14. The molecule has 6 heteroatoms. The summed E-state index contributed by atoms with van der Waals surface area (Å²) in [4.78, 5) is 14.5. The first-order valence-electron chi connectivity index (χ1n) is 4.81. The maximum atomic E-state index is 10.6. The second-order valence-corrected chi connectivity index (χ2v) is 3.71. The van der Waals surface area contributed by atoms with Crippen molar-refractivity contribution in [2.45, 2.75) is 6.54 Å². The average molecular weight is 253 g/mol. The van der Waals surface area contributed by atoms with Crippen LogP contribution in [-0.4, -0.2) is 16.1 Å². The van der Waals surface area contributed by atoms with Crippen molar-refractivity contribution in [1.29, 1.82) is 0 Å². The lowest BCUT2D eigenvalue weighted by Gasteiger charge is -2.03. The zero-order chi connectivity index (χ0) is 12.3. The Morgan fingerprint density at radius 3 is 3.00 bits per heavy atom. The number of carboxylic acids is 1. The molecule has 0 aliphatic heterocycles. The van der Waals surface area contributed by atoms with Crippen LogP contribution in [0.25, 0.3) is 0 Å². The molecule has 0 aliphatic carbocycles. The standard InChI is InChI=1S/C11H9ClN2O3/c12-10-4-8(1-2-13-10)14-5-9-3-7(6-17-9)11(15)16/h1-4,6H,5H2,(H,13,14)(H,15,16). The van der Waals surface area contributed by atoms with Gasteiger partial charge < -0.3 is 14.8 Å². The van der Waals surface area contributed by atoms with Crippen molar-refractivity contribution in [3.8, 4) is 0 Å². The number of pyridine rings is 1. The lowest BCUT2D eigenvalue weighted by molar-refractivity contribution is 0.0696. The van der Waals surface area contributed by atoms with Crippen molar-refractivity contribution in [2.24, 2.45) is 0 Å². The molecule has 0 atom stereocenters. The van der Waals surface area contributed by atoms with Gasteiger partial charge in [-0.25, -0.2) is 9.78 Å². The maximum Gasteiger partial charge on any atom is 0.338 e. The van der Waals surface area contributed by atoms with E-state index in [2.05, 4.69) is 10.3 Å². The molecule has 2 aromatic heterocycles. The van der Waals surface area contributed by atoms with Crippen molar-refractivity contribution in [1.82, 2.24) is 4.98 Å². The van der Waals surface area contributed by atoms with E-state index >= 15 is 0 Å². The monoisotopic (exact) mass is 252 g/mol. The molecule has 88 valence electrons. The minimum absolute atomic E-state index is 0.134. The molecule has 2 aromatic rings. The van der Waals surface area contributed by atoms with Crippen LogP contribution in [0, 0.1) is 0 Å². The number of nitrogens with zero attached hydrogens (tertiary/aromatic N) is 1. The van der Waals surface area contributed by atoms with Gasteiger partial charge in [0, 0.05) is 11.9 Å². The molecule has 0 saturated heterocycles. The van der Waals surface area contributed by atoms with Crippen LogP contribution in [0.4, 0.5) is 5.69 Å². The van der Waals surface area contributed by atoms with Gasteiger partial charge in [-0.1, -0.05) is 11.6 Å². The van der Waals surface area contributed by atoms with E-state index < -0.39 is 5.97 Å². The minimum atomic E-state index is -1.01. The van der Waals surface area contributed by atoms with E-state index in [4.69, 9.17) is 21.1 Å². The third-order valence-electron chi connectivity index (χ3n) is 2.09. The first-order valence-corrected chi connectivity index (χ1v) is 5.19. The molecule has 0 amide bonds. The molecule has 0 aromatic carbocycles. The number of hydrogen-bond donors (Lipinski definition) is 2.